The smallest absolute Gasteiger partial charge is 0.150 e. The molecule has 0 amide bonds. The number of rotatable bonds is 2. The van der Waals surface area contributed by atoms with E-state index in [0.29, 0.717) is 27.1 Å². The standard InChI is InChI=1S/C12H16Cl3N3/c1-17-5-3-8(4-6-17)18(2)12-10(14)7-9(13)11(15)16-12/h7-8H,3-6H2,1-2H3. The largest absolute Gasteiger partial charge is 0.355 e. The second-order valence-electron chi connectivity index (χ2n) is 4.71. The third kappa shape index (κ3) is 3.02. The van der Waals surface area contributed by atoms with Gasteiger partial charge in [-0.3, -0.25) is 0 Å². The van der Waals surface area contributed by atoms with Crippen LogP contribution in [0.1, 0.15) is 12.8 Å². The first-order valence-electron chi connectivity index (χ1n) is 5.92. The van der Waals surface area contributed by atoms with Gasteiger partial charge in [-0.1, -0.05) is 34.8 Å². The number of anilines is 1. The summed E-state index contributed by atoms with van der Waals surface area (Å²) < 4.78 is 0. The minimum atomic E-state index is 0.302. The molecule has 1 aromatic rings. The Bertz CT molecular complexity index is 431. The van der Waals surface area contributed by atoms with Crippen LogP contribution in [-0.4, -0.2) is 43.1 Å². The summed E-state index contributed by atoms with van der Waals surface area (Å²) in [5.41, 5.74) is 0. The highest BCUT2D eigenvalue weighted by Crippen LogP contribution is 2.32. The van der Waals surface area contributed by atoms with Crippen molar-refractivity contribution in [2.45, 2.75) is 18.9 Å². The van der Waals surface area contributed by atoms with Crippen molar-refractivity contribution in [2.24, 2.45) is 0 Å². The quantitative estimate of drug-likeness (QED) is 0.779. The SMILES string of the molecule is CN1CCC(N(C)c2nc(Cl)c(Cl)cc2Cl)CC1. The molecule has 0 unspecified atom stereocenters. The lowest BCUT2D eigenvalue weighted by atomic mass is 10.0. The summed E-state index contributed by atoms with van der Waals surface area (Å²) in [5, 5.41) is 1.24. The normalized spacial score (nSPS) is 18.1. The van der Waals surface area contributed by atoms with Crippen molar-refractivity contribution in [3.8, 4) is 0 Å². The van der Waals surface area contributed by atoms with Gasteiger partial charge in [-0.05, 0) is 39.0 Å². The number of pyridine rings is 1. The monoisotopic (exact) mass is 307 g/mol. The van der Waals surface area contributed by atoms with Crippen molar-refractivity contribution in [2.75, 3.05) is 32.1 Å². The number of aromatic nitrogens is 1. The van der Waals surface area contributed by atoms with Gasteiger partial charge < -0.3 is 9.80 Å². The van der Waals surface area contributed by atoms with Crippen LogP contribution in [0.25, 0.3) is 0 Å². The summed E-state index contributed by atoms with van der Waals surface area (Å²) in [4.78, 5) is 8.72. The number of halogens is 3. The average Bonchev–Trinajstić information content (AvgIpc) is 2.34. The van der Waals surface area contributed by atoms with Crippen molar-refractivity contribution in [3.63, 3.8) is 0 Å². The van der Waals surface area contributed by atoms with Crippen molar-refractivity contribution in [1.29, 1.82) is 0 Å². The van der Waals surface area contributed by atoms with Gasteiger partial charge in [-0.15, -0.1) is 0 Å². The Morgan fingerprint density at radius 1 is 1.22 bits per heavy atom. The van der Waals surface area contributed by atoms with Crippen LogP contribution in [0, 0.1) is 0 Å². The van der Waals surface area contributed by atoms with Crippen LogP contribution in [-0.2, 0) is 0 Å². The molecule has 0 saturated carbocycles. The van der Waals surface area contributed by atoms with Gasteiger partial charge in [0, 0.05) is 13.1 Å². The van der Waals surface area contributed by atoms with Gasteiger partial charge in [-0.25, -0.2) is 4.98 Å². The number of piperidine rings is 1. The summed E-state index contributed by atoms with van der Waals surface area (Å²) in [6.45, 7) is 2.18. The van der Waals surface area contributed by atoms with Gasteiger partial charge in [0.2, 0.25) is 0 Å². The first kappa shape index (κ1) is 14.2. The zero-order valence-corrected chi connectivity index (χ0v) is 12.7. The summed E-state index contributed by atoms with van der Waals surface area (Å²) in [6, 6.07) is 2.10. The lowest BCUT2D eigenvalue weighted by molar-refractivity contribution is 0.252. The first-order valence-corrected chi connectivity index (χ1v) is 7.05. The van der Waals surface area contributed by atoms with E-state index in [1.54, 1.807) is 6.07 Å². The second kappa shape index (κ2) is 5.83. The van der Waals surface area contributed by atoms with Crippen LogP contribution < -0.4 is 4.90 Å². The lowest BCUT2D eigenvalue weighted by Crippen LogP contribution is -2.42. The molecule has 0 bridgehead atoms. The maximum atomic E-state index is 6.19. The van der Waals surface area contributed by atoms with Gasteiger partial charge in [0.1, 0.15) is 11.0 Å². The molecule has 0 atom stereocenters. The van der Waals surface area contributed by atoms with E-state index in [1.807, 2.05) is 7.05 Å². The van der Waals surface area contributed by atoms with E-state index in [9.17, 15) is 0 Å². The average molecular weight is 309 g/mol. The molecule has 2 heterocycles. The number of likely N-dealkylation sites (tertiary alicyclic amines) is 1. The Morgan fingerprint density at radius 3 is 2.44 bits per heavy atom. The molecule has 2 rings (SSSR count). The molecule has 1 aromatic heterocycles. The highest BCUT2D eigenvalue weighted by Gasteiger charge is 2.23. The molecule has 0 aromatic carbocycles. The van der Waals surface area contributed by atoms with E-state index in [-0.39, 0.29) is 0 Å². The minimum absolute atomic E-state index is 0.302. The molecule has 0 aliphatic carbocycles. The van der Waals surface area contributed by atoms with Crippen LogP contribution in [0.4, 0.5) is 5.82 Å². The summed E-state index contributed by atoms with van der Waals surface area (Å²) in [6.07, 6.45) is 2.20. The van der Waals surface area contributed by atoms with E-state index in [2.05, 4.69) is 21.8 Å². The predicted molar refractivity (Wildman–Crippen MR) is 78.2 cm³/mol. The molecule has 0 radical (unpaired) electrons. The second-order valence-corrected chi connectivity index (χ2v) is 5.88. The van der Waals surface area contributed by atoms with Gasteiger partial charge in [0.15, 0.2) is 0 Å². The highest BCUT2D eigenvalue weighted by molar-refractivity contribution is 6.42. The van der Waals surface area contributed by atoms with Crippen LogP contribution in [0.15, 0.2) is 6.07 Å². The molecular formula is C12H16Cl3N3. The lowest BCUT2D eigenvalue weighted by Gasteiger charge is -2.36. The Hall–Kier alpha value is -0.220. The van der Waals surface area contributed by atoms with Crippen LogP contribution in [0.5, 0.6) is 0 Å². The fraction of sp³-hybridized carbons (Fsp3) is 0.583. The molecule has 18 heavy (non-hydrogen) atoms. The van der Waals surface area contributed by atoms with E-state index in [0.717, 1.165) is 25.9 Å². The molecule has 1 fully saturated rings. The van der Waals surface area contributed by atoms with Gasteiger partial charge >= 0.3 is 0 Å². The van der Waals surface area contributed by atoms with Crippen LogP contribution in [0.2, 0.25) is 15.2 Å². The molecule has 6 heteroatoms. The van der Waals surface area contributed by atoms with Crippen molar-refractivity contribution >= 4 is 40.6 Å². The van der Waals surface area contributed by atoms with Crippen molar-refractivity contribution < 1.29 is 0 Å². The van der Waals surface area contributed by atoms with Crippen LogP contribution in [0.3, 0.4) is 0 Å². The number of nitrogens with zero attached hydrogens (tertiary/aromatic N) is 3. The topological polar surface area (TPSA) is 19.4 Å². The van der Waals surface area contributed by atoms with E-state index in [1.165, 1.54) is 0 Å². The molecule has 100 valence electrons. The number of hydrogen-bond acceptors (Lipinski definition) is 3. The maximum absolute atomic E-state index is 6.19. The zero-order valence-electron chi connectivity index (χ0n) is 10.5. The fourth-order valence-corrected chi connectivity index (χ4v) is 2.86. The van der Waals surface area contributed by atoms with E-state index >= 15 is 0 Å². The fourth-order valence-electron chi connectivity index (χ4n) is 2.24. The first-order chi connectivity index (χ1) is 8.49. The Kier molecular flexibility index (Phi) is 4.59. The molecule has 1 aliphatic rings. The molecular weight excluding hydrogens is 293 g/mol. The summed E-state index contributed by atoms with van der Waals surface area (Å²) in [5.74, 6) is 0.709. The third-order valence-electron chi connectivity index (χ3n) is 3.44. The summed E-state index contributed by atoms with van der Waals surface area (Å²) in [7, 11) is 4.15. The molecule has 0 N–H and O–H groups in total. The van der Waals surface area contributed by atoms with Gasteiger partial charge in [0.25, 0.3) is 0 Å². The number of hydrogen-bond donors (Lipinski definition) is 0. The molecule has 0 spiro atoms. The molecule has 1 aliphatic heterocycles. The van der Waals surface area contributed by atoms with Gasteiger partial charge in [0.05, 0.1) is 10.0 Å². The van der Waals surface area contributed by atoms with Gasteiger partial charge in [-0.2, -0.15) is 0 Å². The third-order valence-corrected chi connectivity index (χ3v) is 4.39. The van der Waals surface area contributed by atoms with Crippen molar-refractivity contribution in [1.82, 2.24) is 9.88 Å². The zero-order chi connectivity index (χ0) is 13.3. The Balaban J connectivity index is 2.18. The van der Waals surface area contributed by atoms with Crippen molar-refractivity contribution in [3.05, 3.63) is 21.3 Å². The van der Waals surface area contributed by atoms with E-state index in [4.69, 9.17) is 34.8 Å². The minimum Gasteiger partial charge on any atom is -0.355 e. The van der Waals surface area contributed by atoms with Crippen LogP contribution >= 0.6 is 34.8 Å². The Morgan fingerprint density at radius 2 is 1.83 bits per heavy atom. The maximum Gasteiger partial charge on any atom is 0.150 e. The molecule has 3 nitrogen and oxygen atoms in total. The summed E-state index contributed by atoms with van der Waals surface area (Å²) >= 11 is 18.0. The molecule has 1 saturated heterocycles. The predicted octanol–water partition coefficient (Wildman–Crippen LogP) is 3.57. The van der Waals surface area contributed by atoms with E-state index < -0.39 is 0 Å². The highest BCUT2D eigenvalue weighted by atomic mass is 35.5. The Labute approximate surface area is 123 Å².